The average molecular weight is 266 g/mol. The zero-order valence-electron chi connectivity index (χ0n) is 11.9. The second-order valence-corrected chi connectivity index (χ2v) is 7.07. The number of hydrogen-bond donors (Lipinski definition) is 1. The van der Waals surface area contributed by atoms with Gasteiger partial charge in [0.15, 0.2) is 0 Å². The first-order chi connectivity index (χ1) is 8.37. The zero-order valence-corrected chi connectivity index (χ0v) is 12.6. The molecule has 1 fully saturated rings. The molecule has 2 atom stereocenters. The van der Waals surface area contributed by atoms with E-state index in [1.165, 1.54) is 24.9 Å². The fourth-order valence-corrected chi connectivity index (χ4v) is 3.61. The van der Waals surface area contributed by atoms with Crippen LogP contribution in [0.4, 0.5) is 5.69 Å². The third kappa shape index (κ3) is 3.20. The fraction of sp³-hybridized carbons (Fsp3) is 0.625. The van der Waals surface area contributed by atoms with Crippen LogP contribution in [0.5, 0.6) is 0 Å². The third-order valence-corrected chi connectivity index (χ3v) is 4.42. The average Bonchev–Trinajstić information content (AvgIpc) is 2.22. The number of nitrogens with one attached hydrogen (secondary N) is 1. The molecule has 1 nitrogen and oxygen atoms in total. The van der Waals surface area contributed by atoms with E-state index in [-0.39, 0.29) is 0 Å². The van der Waals surface area contributed by atoms with E-state index in [9.17, 15) is 0 Å². The van der Waals surface area contributed by atoms with Crippen LogP contribution in [0.2, 0.25) is 5.02 Å². The fourth-order valence-electron chi connectivity index (χ4n) is 3.44. The molecule has 2 heteroatoms. The number of benzene rings is 1. The van der Waals surface area contributed by atoms with Crippen molar-refractivity contribution in [1.29, 1.82) is 0 Å². The van der Waals surface area contributed by atoms with Crippen molar-refractivity contribution in [2.45, 2.75) is 53.0 Å². The molecule has 1 aromatic carbocycles. The smallest absolute Gasteiger partial charge is 0.0455 e. The first-order valence-corrected chi connectivity index (χ1v) is 7.27. The lowest BCUT2D eigenvalue weighted by atomic mass is 9.70. The number of hydrogen-bond acceptors (Lipinski definition) is 1. The molecular formula is C16H24ClN. The lowest BCUT2D eigenvalue weighted by molar-refractivity contribution is 0.178. The lowest BCUT2D eigenvalue weighted by Crippen LogP contribution is -2.35. The molecule has 2 unspecified atom stereocenters. The van der Waals surface area contributed by atoms with Gasteiger partial charge in [-0.15, -0.1) is 0 Å². The summed E-state index contributed by atoms with van der Waals surface area (Å²) < 4.78 is 0. The van der Waals surface area contributed by atoms with Gasteiger partial charge < -0.3 is 5.32 Å². The van der Waals surface area contributed by atoms with Gasteiger partial charge in [0.1, 0.15) is 0 Å². The van der Waals surface area contributed by atoms with E-state index in [1.807, 2.05) is 12.1 Å². The molecule has 1 aliphatic carbocycles. The van der Waals surface area contributed by atoms with Crippen molar-refractivity contribution in [2.24, 2.45) is 11.3 Å². The van der Waals surface area contributed by atoms with Crippen molar-refractivity contribution >= 4 is 17.3 Å². The Kier molecular flexibility index (Phi) is 3.91. The molecule has 0 bridgehead atoms. The highest BCUT2D eigenvalue weighted by Crippen LogP contribution is 2.40. The Balaban J connectivity index is 2.11. The van der Waals surface area contributed by atoms with Crippen LogP contribution in [-0.2, 0) is 0 Å². The highest BCUT2D eigenvalue weighted by molar-refractivity contribution is 6.31. The molecule has 0 saturated heterocycles. The van der Waals surface area contributed by atoms with Gasteiger partial charge in [-0.2, -0.15) is 0 Å². The van der Waals surface area contributed by atoms with Gasteiger partial charge in [0.2, 0.25) is 0 Å². The zero-order chi connectivity index (χ0) is 13.3. The molecule has 2 rings (SSSR count). The second kappa shape index (κ2) is 5.13. The molecule has 0 aliphatic heterocycles. The Morgan fingerprint density at radius 3 is 2.67 bits per heavy atom. The first kappa shape index (κ1) is 13.7. The molecule has 1 aromatic rings. The quantitative estimate of drug-likeness (QED) is 0.768. The lowest BCUT2D eigenvalue weighted by Gasteiger charge is -2.39. The topological polar surface area (TPSA) is 12.0 Å². The SMILES string of the molecule is Cc1c(Cl)cccc1NC1CC(C)CC(C)(C)C1. The summed E-state index contributed by atoms with van der Waals surface area (Å²) >= 11 is 6.18. The normalized spacial score (nSPS) is 26.9. The van der Waals surface area contributed by atoms with Crippen LogP contribution in [0.15, 0.2) is 18.2 Å². The molecule has 0 aromatic heterocycles. The maximum absolute atomic E-state index is 6.18. The summed E-state index contributed by atoms with van der Waals surface area (Å²) in [6.07, 6.45) is 3.83. The summed E-state index contributed by atoms with van der Waals surface area (Å²) in [6.45, 7) is 9.20. The Bertz CT molecular complexity index is 425. The highest BCUT2D eigenvalue weighted by Gasteiger charge is 2.32. The maximum Gasteiger partial charge on any atom is 0.0455 e. The first-order valence-electron chi connectivity index (χ1n) is 6.89. The minimum atomic E-state index is 0.446. The standard InChI is InChI=1S/C16H24ClN/c1-11-8-13(10-16(3,4)9-11)18-15-7-5-6-14(17)12(15)2/h5-7,11,13,18H,8-10H2,1-4H3. The van der Waals surface area contributed by atoms with Gasteiger partial charge in [0.25, 0.3) is 0 Å². The van der Waals surface area contributed by atoms with Crippen molar-refractivity contribution in [1.82, 2.24) is 0 Å². The summed E-state index contributed by atoms with van der Waals surface area (Å²) in [6, 6.07) is 6.68. The Labute approximate surface area is 116 Å². The monoisotopic (exact) mass is 265 g/mol. The summed E-state index contributed by atoms with van der Waals surface area (Å²) in [7, 11) is 0. The Hall–Kier alpha value is -0.690. The van der Waals surface area contributed by atoms with Gasteiger partial charge in [0.05, 0.1) is 0 Å². The molecular weight excluding hydrogens is 242 g/mol. The number of anilines is 1. The van der Waals surface area contributed by atoms with Crippen LogP contribution in [0.3, 0.4) is 0 Å². The summed E-state index contributed by atoms with van der Waals surface area (Å²) in [5.74, 6) is 0.797. The van der Waals surface area contributed by atoms with Crippen molar-refractivity contribution < 1.29 is 0 Å². The van der Waals surface area contributed by atoms with Gasteiger partial charge in [-0.1, -0.05) is 38.4 Å². The highest BCUT2D eigenvalue weighted by atomic mass is 35.5. The van der Waals surface area contributed by atoms with Crippen LogP contribution < -0.4 is 5.32 Å². The predicted molar refractivity (Wildman–Crippen MR) is 80.4 cm³/mol. The van der Waals surface area contributed by atoms with Crippen LogP contribution >= 0.6 is 11.6 Å². The second-order valence-electron chi connectivity index (χ2n) is 6.67. The Morgan fingerprint density at radius 1 is 1.28 bits per heavy atom. The molecule has 0 heterocycles. The van der Waals surface area contributed by atoms with Crippen LogP contribution in [0.25, 0.3) is 0 Å². The van der Waals surface area contributed by atoms with E-state index in [2.05, 4.69) is 39.1 Å². The predicted octanol–water partition coefficient (Wildman–Crippen LogP) is 5.28. The summed E-state index contributed by atoms with van der Waals surface area (Å²) in [4.78, 5) is 0. The van der Waals surface area contributed by atoms with Gasteiger partial charge in [0, 0.05) is 16.8 Å². The van der Waals surface area contributed by atoms with E-state index in [0.717, 1.165) is 16.5 Å². The van der Waals surface area contributed by atoms with Crippen LogP contribution in [-0.4, -0.2) is 6.04 Å². The van der Waals surface area contributed by atoms with Gasteiger partial charge in [-0.3, -0.25) is 0 Å². The molecule has 1 aliphatic rings. The van der Waals surface area contributed by atoms with E-state index < -0.39 is 0 Å². The van der Waals surface area contributed by atoms with Crippen molar-refractivity contribution in [3.63, 3.8) is 0 Å². The Morgan fingerprint density at radius 2 is 2.00 bits per heavy atom. The number of halogens is 1. The van der Waals surface area contributed by atoms with E-state index in [4.69, 9.17) is 11.6 Å². The van der Waals surface area contributed by atoms with Gasteiger partial charge >= 0.3 is 0 Å². The van der Waals surface area contributed by atoms with Gasteiger partial charge in [-0.25, -0.2) is 0 Å². The van der Waals surface area contributed by atoms with Crippen LogP contribution in [0, 0.1) is 18.3 Å². The minimum Gasteiger partial charge on any atom is -0.382 e. The molecule has 1 N–H and O–H groups in total. The molecule has 100 valence electrons. The summed E-state index contributed by atoms with van der Waals surface area (Å²) in [5, 5.41) is 4.54. The van der Waals surface area contributed by atoms with E-state index in [0.29, 0.717) is 11.5 Å². The molecule has 18 heavy (non-hydrogen) atoms. The van der Waals surface area contributed by atoms with E-state index >= 15 is 0 Å². The van der Waals surface area contributed by atoms with Crippen molar-refractivity contribution in [3.05, 3.63) is 28.8 Å². The molecule has 0 spiro atoms. The molecule has 1 saturated carbocycles. The number of rotatable bonds is 2. The van der Waals surface area contributed by atoms with Crippen molar-refractivity contribution in [2.75, 3.05) is 5.32 Å². The third-order valence-electron chi connectivity index (χ3n) is 4.01. The maximum atomic E-state index is 6.18. The summed E-state index contributed by atoms with van der Waals surface area (Å²) in [5.41, 5.74) is 2.80. The molecule has 0 radical (unpaired) electrons. The minimum absolute atomic E-state index is 0.446. The van der Waals surface area contributed by atoms with Crippen molar-refractivity contribution in [3.8, 4) is 0 Å². The van der Waals surface area contributed by atoms with E-state index in [1.54, 1.807) is 0 Å². The van der Waals surface area contributed by atoms with Gasteiger partial charge in [-0.05, 0) is 55.2 Å². The largest absolute Gasteiger partial charge is 0.382 e. The van der Waals surface area contributed by atoms with Crippen LogP contribution in [0.1, 0.15) is 45.6 Å². The molecule has 0 amide bonds.